The molecule has 0 fully saturated rings. The third kappa shape index (κ3) is 4.56. The van der Waals surface area contributed by atoms with Crippen LogP contribution >= 0.6 is 0 Å². The lowest BCUT2D eigenvalue weighted by atomic mass is 9.91. The molecular formula is C24H28N2O3. The fourth-order valence-corrected chi connectivity index (χ4v) is 3.71. The predicted octanol–water partition coefficient (Wildman–Crippen LogP) is 4.90. The van der Waals surface area contributed by atoms with E-state index in [1.165, 1.54) is 10.9 Å². The van der Waals surface area contributed by atoms with E-state index in [-0.39, 0.29) is 18.1 Å². The van der Waals surface area contributed by atoms with Crippen molar-refractivity contribution >= 4 is 16.8 Å². The SMILES string of the molecule is CC(C)(C)CC(=O)N(CCc1c[nH]c2ccccc12)Cc1ccc2c(c1)OCO2. The topological polar surface area (TPSA) is 54.6 Å². The van der Waals surface area contributed by atoms with E-state index < -0.39 is 0 Å². The smallest absolute Gasteiger partial charge is 0.231 e. The van der Waals surface area contributed by atoms with E-state index in [1.807, 2.05) is 29.2 Å². The van der Waals surface area contributed by atoms with Crippen molar-refractivity contribution in [3.63, 3.8) is 0 Å². The molecule has 0 saturated heterocycles. The lowest BCUT2D eigenvalue weighted by Gasteiger charge is -2.27. The maximum Gasteiger partial charge on any atom is 0.231 e. The molecule has 0 bridgehead atoms. The van der Waals surface area contributed by atoms with Crippen LogP contribution in [0.5, 0.6) is 11.5 Å². The molecule has 2 heterocycles. The van der Waals surface area contributed by atoms with Gasteiger partial charge in [0.1, 0.15) is 0 Å². The summed E-state index contributed by atoms with van der Waals surface area (Å²) in [6, 6.07) is 14.2. The van der Waals surface area contributed by atoms with Gasteiger partial charge in [-0.1, -0.05) is 45.0 Å². The van der Waals surface area contributed by atoms with E-state index in [4.69, 9.17) is 9.47 Å². The number of hydrogen-bond donors (Lipinski definition) is 1. The molecule has 3 aromatic rings. The molecule has 5 nitrogen and oxygen atoms in total. The highest BCUT2D eigenvalue weighted by Crippen LogP contribution is 2.33. The number of fused-ring (bicyclic) bond motifs is 2. The van der Waals surface area contributed by atoms with Gasteiger partial charge in [-0.2, -0.15) is 0 Å². The second kappa shape index (κ2) is 7.82. The molecule has 0 atom stereocenters. The van der Waals surface area contributed by atoms with Crippen LogP contribution in [0.1, 0.15) is 38.3 Å². The lowest BCUT2D eigenvalue weighted by molar-refractivity contribution is -0.133. The summed E-state index contributed by atoms with van der Waals surface area (Å²) in [6.07, 6.45) is 3.38. The zero-order valence-electron chi connectivity index (χ0n) is 17.3. The monoisotopic (exact) mass is 392 g/mol. The largest absolute Gasteiger partial charge is 0.454 e. The Morgan fingerprint density at radius 2 is 1.90 bits per heavy atom. The first-order valence-electron chi connectivity index (χ1n) is 10.1. The average Bonchev–Trinajstić information content (AvgIpc) is 3.30. The highest BCUT2D eigenvalue weighted by molar-refractivity contribution is 5.83. The first kappa shape index (κ1) is 19.4. The Morgan fingerprint density at radius 3 is 2.72 bits per heavy atom. The van der Waals surface area contributed by atoms with Crippen LogP contribution in [0.15, 0.2) is 48.7 Å². The van der Waals surface area contributed by atoms with E-state index in [1.54, 1.807) is 0 Å². The minimum atomic E-state index is -0.0506. The molecule has 0 unspecified atom stereocenters. The molecule has 0 saturated carbocycles. The summed E-state index contributed by atoms with van der Waals surface area (Å²) in [5.74, 6) is 1.69. The number of rotatable bonds is 6. The van der Waals surface area contributed by atoms with Crippen molar-refractivity contribution in [1.82, 2.24) is 9.88 Å². The van der Waals surface area contributed by atoms with Gasteiger partial charge in [0.15, 0.2) is 11.5 Å². The van der Waals surface area contributed by atoms with Crippen molar-refractivity contribution in [1.29, 1.82) is 0 Å². The Bertz CT molecular complexity index is 1020. The van der Waals surface area contributed by atoms with Gasteiger partial charge in [-0.15, -0.1) is 0 Å². The molecule has 1 amide bonds. The summed E-state index contributed by atoms with van der Waals surface area (Å²) in [6.45, 7) is 7.79. The molecule has 1 aliphatic heterocycles. The summed E-state index contributed by atoms with van der Waals surface area (Å²) in [5.41, 5.74) is 3.37. The molecule has 0 radical (unpaired) electrons. The molecule has 4 rings (SSSR count). The Kier molecular flexibility index (Phi) is 5.22. The molecule has 5 heteroatoms. The summed E-state index contributed by atoms with van der Waals surface area (Å²) in [5, 5.41) is 1.22. The molecule has 0 spiro atoms. The van der Waals surface area contributed by atoms with Gasteiger partial charge >= 0.3 is 0 Å². The van der Waals surface area contributed by atoms with E-state index in [0.29, 0.717) is 19.5 Å². The molecule has 152 valence electrons. The number of H-pyrrole nitrogens is 1. The van der Waals surface area contributed by atoms with E-state index in [9.17, 15) is 4.79 Å². The Morgan fingerprint density at radius 1 is 1.10 bits per heavy atom. The van der Waals surface area contributed by atoms with Crippen molar-refractivity contribution < 1.29 is 14.3 Å². The van der Waals surface area contributed by atoms with Gasteiger partial charge in [0.2, 0.25) is 12.7 Å². The van der Waals surface area contributed by atoms with Gasteiger partial charge < -0.3 is 19.4 Å². The highest BCUT2D eigenvalue weighted by atomic mass is 16.7. The van der Waals surface area contributed by atoms with Gasteiger partial charge in [0.25, 0.3) is 0 Å². The zero-order valence-corrected chi connectivity index (χ0v) is 17.3. The summed E-state index contributed by atoms with van der Waals surface area (Å²) in [7, 11) is 0. The van der Waals surface area contributed by atoms with Crippen LogP contribution < -0.4 is 9.47 Å². The fourth-order valence-electron chi connectivity index (χ4n) is 3.71. The first-order valence-corrected chi connectivity index (χ1v) is 10.1. The second-order valence-corrected chi connectivity index (χ2v) is 8.85. The van der Waals surface area contributed by atoms with Crippen LogP contribution in [0.3, 0.4) is 0 Å². The highest BCUT2D eigenvalue weighted by Gasteiger charge is 2.22. The number of benzene rings is 2. The molecule has 1 aliphatic rings. The van der Waals surface area contributed by atoms with Crippen LogP contribution in [-0.4, -0.2) is 29.1 Å². The molecule has 1 aromatic heterocycles. The van der Waals surface area contributed by atoms with Gasteiger partial charge in [-0.05, 0) is 41.2 Å². The van der Waals surface area contributed by atoms with E-state index in [2.05, 4.69) is 50.2 Å². The number of para-hydroxylation sites is 1. The average molecular weight is 392 g/mol. The maximum atomic E-state index is 13.1. The van der Waals surface area contributed by atoms with Crippen LogP contribution in [-0.2, 0) is 17.8 Å². The summed E-state index contributed by atoms with van der Waals surface area (Å²) >= 11 is 0. The van der Waals surface area contributed by atoms with Crippen molar-refractivity contribution in [3.8, 4) is 11.5 Å². The minimum absolute atomic E-state index is 0.0506. The third-order valence-corrected chi connectivity index (χ3v) is 5.17. The zero-order chi connectivity index (χ0) is 20.4. The maximum absolute atomic E-state index is 13.1. The molecule has 0 aliphatic carbocycles. The number of carbonyl (C=O) groups excluding carboxylic acids is 1. The van der Waals surface area contributed by atoms with Gasteiger partial charge in [0.05, 0.1) is 0 Å². The molecule has 29 heavy (non-hydrogen) atoms. The number of carbonyl (C=O) groups is 1. The number of hydrogen-bond acceptors (Lipinski definition) is 3. The van der Waals surface area contributed by atoms with E-state index >= 15 is 0 Å². The number of aromatic amines is 1. The van der Waals surface area contributed by atoms with Crippen molar-refractivity contribution in [2.45, 2.75) is 40.2 Å². The van der Waals surface area contributed by atoms with Gasteiger partial charge in [-0.3, -0.25) is 4.79 Å². The second-order valence-electron chi connectivity index (χ2n) is 8.85. The third-order valence-electron chi connectivity index (χ3n) is 5.17. The quantitative estimate of drug-likeness (QED) is 0.649. The standard InChI is InChI=1S/C24H28N2O3/c1-24(2,3)13-23(27)26(15-17-8-9-21-22(12-17)29-16-28-21)11-10-18-14-25-20-7-5-4-6-19(18)20/h4-9,12,14,25H,10-11,13,15-16H2,1-3H3. The Labute approximate surface area is 171 Å². The number of nitrogens with one attached hydrogen (secondary N) is 1. The summed E-state index contributed by atoms with van der Waals surface area (Å²) < 4.78 is 10.9. The molecule has 2 aromatic carbocycles. The lowest BCUT2D eigenvalue weighted by Crippen LogP contribution is -2.34. The Balaban J connectivity index is 1.52. The first-order chi connectivity index (χ1) is 13.9. The van der Waals surface area contributed by atoms with Crippen molar-refractivity contribution in [3.05, 3.63) is 59.8 Å². The number of amides is 1. The summed E-state index contributed by atoms with van der Waals surface area (Å²) in [4.78, 5) is 18.4. The van der Waals surface area contributed by atoms with Gasteiger partial charge in [-0.25, -0.2) is 0 Å². The van der Waals surface area contributed by atoms with Crippen LogP contribution in [0.4, 0.5) is 0 Å². The van der Waals surface area contributed by atoms with Crippen LogP contribution in [0, 0.1) is 5.41 Å². The van der Waals surface area contributed by atoms with Crippen LogP contribution in [0.25, 0.3) is 10.9 Å². The number of ether oxygens (including phenoxy) is 2. The molecular weight excluding hydrogens is 364 g/mol. The van der Waals surface area contributed by atoms with Crippen LogP contribution in [0.2, 0.25) is 0 Å². The normalized spacial score (nSPS) is 13.1. The van der Waals surface area contributed by atoms with E-state index in [0.717, 1.165) is 29.0 Å². The Hall–Kier alpha value is -2.95. The number of nitrogens with zero attached hydrogens (tertiary/aromatic N) is 1. The van der Waals surface area contributed by atoms with Crippen molar-refractivity contribution in [2.75, 3.05) is 13.3 Å². The van der Waals surface area contributed by atoms with Crippen molar-refractivity contribution in [2.24, 2.45) is 5.41 Å². The van der Waals surface area contributed by atoms with Gasteiger partial charge in [0, 0.05) is 36.6 Å². The predicted molar refractivity (Wildman–Crippen MR) is 114 cm³/mol. The number of aromatic nitrogens is 1. The molecule has 1 N–H and O–H groups in total. The fraction of sp³-hybridized carbons (Fsp3) is 0.375. The minimum Gasteiger partial charge on any atom is -0.454 e.